The monoisotopic (exact) mass is 359 g/mol. The lowest BCUT2D eigenvalue weighted by Gasteiger charge is -2.38. The molecule has 5 rings (SSSR count). The van der Waals surface area contributed by atoms with Crippen molar-refractivity contribution in [2.75, 3.05) is 11.5 Å². The molecule has 0 aromatic heterocycles. The fraction of sp³-hybridized carbons (Fsp3) is 0.421. The average molecular weight is 360 g/mol. The summed E-state index contributed by atoms with van der Waals surface area (Å²) in [6, 6.07) is 4.61. The number of carbonyl (C=O) groups is 3. The fourth-order valence-electron chi connectivity index (χ4n) is 4.35. The van der Waals surface area contributed by atoms with E-state index in [-0.39, 0.29) is 52.7 Å². The van der Waals surface area contributed by atoms with E-state index in [0.717, 1.165) is 12.8 Å². The molecule has 0 spiro atoms. The number of rotatable bonds is 3. The summed E-state index contributed by atoms with van der Waals surface area (Å²) in [4.78, 5) is 39.2. The summed E-state index contributed by atoms with van der Waals surface area (Å²) in [6.07, 6.45) is 6.06. The zero-order valence-electron chi connectivity index (χ0n) is 13.8. The second-order valence-corrected chi connectivity index (χ2v) is 7.15. The smallest absolute Gasteiger partial charge is 0.339 e. The molecule has 1 saturated heterocycles. The Morgan fingerprint density at radius 1 is 1.16 bits per heavy atom. The molecule has 5 nitrogen and oxygen atoms in total. The van der Waals surface area contributed by atoms with Crippen LogP contribution in [0.3, 0.4) is 0 Å². The van der Waals surface area contributed by atoms with Crippen LogP contribution >= 0.6 is 11.6 Å². The Hall–Kier alpha value is -2.14. The fourth-order valence-corrected chi connectivity index (χ4v) is 4.54. The van der Waals surface area contributed by atoms with Gasteiger partial charge in [-0.3, -0.25) is 9.59 Å². The number of hydrogen-bond acceptors (Lipinski definition) is 4. The number of carbonyl (C=O) groups excluding carboxylic acids is 3. The van der Waals surface area contributed by atoms with Gasteiger partial charge in [0.15, 0.2) is 0 Å². The van der Waals surface area contributed by atoms with E-state index in [0.29, 0.717) is 5.69 Å². The van der Waals surface area contributed by atoms with E-state index in [1.165, 1.54) is 17.0 Å². The van der Waals surface area contributed by atoms with Crippen molar-refractivity contribution in [3.05, 3.63) is 40.9 Å². The zero-order chi connectivity index (χ0) is 17.7. The Kier molecular flexibility index (Phi) is 3.91. The third-order valence-electron chi connectivity index (χ3n) is 5.46. The molecule has 1 aliphatic heterocycles. The van der Waals surface area contributed by atoms with Crippen LogP contribution in [0.25, 0.3) is 0 Å². The molecule has 0 N–H and O–H groups in total. The molecule has 1 saturated carbocycles. The number of allylic oxidation sites excluding steroid dienone is 2. The molecule has 4 atom stereocenters. The van der Waals surface area contributed by atoms with Gasteiger partial charge in [0.25, 0.3) is 0 Å². The van der Waals surface area contributed by atoms with Crippen LogP contribution in [-0.4, -0.2) is 24.4 Å². The van der Waals surface area contributed by atoms with E-state index in [2.05, 4.69) is 12.2 Å². The minimum absolute atomic E-state index is 0.133. The Labute approximate surface area is 150 Å². The number of amides is 2. The summed E-state index contributed by atoms with van der Waals surface area (Å²) in [5, 5.41) is 0.237. The first-order valence-electron chi connectivity index (χ1n) is 8.55. The topological polar surface area (TPSA) is 63.7 Å². The van der Waals surface area contributed by atoms with Crippen LogP contribution in [-0.2, 0) is 14.3 Å². The highest BCUT2D eigenvalue weighted by Crippen LogP contribution is 2.50. The number of halogens is 1. The van der Waals surface area contributed by atoms with Crippen molar-refractivity contribution in [1.82, 2.24) is 0 Å². The van der Waals surface area contributed by atoms with E-state index in [4.69, 9.17) is 16.3 Å². The molecule has 130 valence electrons. The van der Waals surface area contributed by atoms with Gasteiger partial charge >= 0.3 is 5.97 Å². The molecular formula is C19H18ClNO4. The third kappa shape index (κ3) is 2.41. The first kappa shape index (κ1) is 16.3. The third-order valence-corrected chi connectivity index (χ3v) is 5.79. The largest absolute Gasteiger partial charge is 0.462 e. The van der Waals surface area contributed by atoms with E-state index in [1.807, 2.05) is 0 Å². The molecule has 0 unspecified atom stereocenters. The Balaban J connectivity index is 1.71. The molecule has 6 heteroatoms. The average Bonchev–Trinajstić information content (AvgIpc) is 2.90. The van der Waals surface area contributed by atoms with Gasteiger partial charge in [-0.25, -0.2) is 9.69 Å². The Morgan fingerprint density at radius 2 is 1.76 bits per heavy atom. The van der Waals surface area contributed by atoms with Crippen molar-refractivity contribution >= 4 is 35.1 Å². The van der Waals surface area contributed by atoms with Gasteiger partial charge in [-0.2, -0.15) is 0 Å². The molecule has 1 heterocycles. The number of fused-ring (bicyclic) bond motifs is 1. The molecule has 1 aromatic carbocycles. The second kappa shape index (κ2) is 5.99. The molecule has 2 amide bonds. The SMILES string of the molecule is CCOC(=O)c1cc(N2C(=O)[C@@H]3[C@@H](C2=O)[C@@H]2C=C[C@@H]3CC2)ccc1Cl. The van der Waals surface area contributed by atoms with Crippen LogP contribution < -0.4 is 4.90 Å². The van der Waals surface area contributed by atoms with E-state index < -0.39 is 5.97 Å². The Bertz CT molecular complexity index is 771. The standard InChI is InChI=1S/C19H18ClNO4/c1-2-25-19(24)13-9-12(7-8-14(13)20)21-17(22)15-10-3-4-11(6-5-10)16(15)18(21)23/h3-4,7-11,15-16H,2,5-6H2,1H3/t10-,11-,15+,16+/m1/s1. The summed E-state index contributed by atoms with van der Waals surface area (Å²) in [7, 11) is 0. The maximum Gasteiger partial charge on any atom is 0.339 e. The van der Waals surface area contributed by atoms with Crippen molar-refractivity contribution in [3.8, 4) is 0 Å². The van der Waals surface area contributed by atoms with Gasteiger partial charge in [-0.1, -0.05) is 23.8 Å². The van der Waals surface area contributed by atoms with Crippen LogP contribution in [0.1, 0.15) is 30.1 Å². The minimum atomic E-state index is -0.562. The number of anilines is 1. The van der Waals surface area contributed by atoms with Gasteiger partial charge < -0.3 is 4.74 Å². The van der Waals surface area contributed by atoms with Crippen molar-refractivity contribution in [1.29, 1.82) is 0 Å². The van der Waals surface area contributed by atoms with Crippen LogP contribution in [0.2, 0.25) is 5.02 Å². The lowest BCUT2D eigenvalue weighted by atomic mass is 9.63. The maximum atomic E-state index is 13.0. The number of benzene rings is 1. The predicted molar refractivity (Wildman–Crippen MR) is 92.2 cm³/mol. The van der Waals surface area contributed by atoms with Crippen molar-refractivity contribution in [2.24, 2.45) is 23.7 Å². The van der Waals surface area contributed by atoms with Crippen LogP contribution in [0, 0.1) is 23.7 Å². The lowest BCUT2D eigenvalue weighted by Crippen LogP contribution is -2.38. The van der Waals surface area contributed by atoms with Gasteiger partial charge in [0, 0.05) is 0 Å². The van der Waals surface area contributed by atoms with Crippen molar-refractivity contribution in [3.63, 3.8) is 0 Å². The molecule has 2 bridgehead atoms. The van der Waals surface area contributed by atoms with Crippen LogP contribution in [0.5, 0.6) is 0 Å². The number of nitrogens with zero attached hydrogens (tertiary/aromatic N) is 1. The van der Waals surface area contributed by atoms with E-state index >= 15 is 0 Å². The van der Waals surface area contributed by atoms with Crippen molar-refractivity contribution < 1.29 is 19.1 Å². The summed E-state index contributed by atoms with van der Waals surface area (Å²) >= 11 is 6.09. The predicted octanol–water partition coefficient (Wildman–Crippen LogP) is 3.22. The first-order valence-corrected chi connectivity index (χ1v) is 8.93. The molecule has 2 fully saturated rings. The van der Waals surface area contributed by atoms with E-state index in [9.17, 15) is 14.4 Å². The molecular weight excluding hydrogens is 342 g/mol. The number of hydrogen-bond donors (Lipinski definition) is 0. The maximum absolute atomic E-state index is 13.0. The van der Waals surface area contributed by atoms with Gasteiger partial charge in [0.05, 0.1) is 34.7 Å². The summed E-state index contributed by atoms with van der Waals surface area (Å²) in [5.41, 5.74) is 0.550. The minimum Gasteiger partial charge on any atom is -0.462 e. The van der Waals surface area contributed by atoms with Gasteiger partial charge in [-0.15, -0.1) is 0 Å². The summed E-state index contributed by atoms with van der Waals surface area (Å²) in [5.74, 6) is -1.21. The lowest BCUT2D eigenvalue weighted by molar-refractivity contribution is -0.124. The second-order valence-electron chi connectivity index (χ2n) is 6.74. The highest BCUT2D eigenvalue weighted by atomic mass is 35.5. The first-order chi connectivity index (χ1) is 12.0. The molecule has 0 radical (unpaired) electrons. The highest BCUT2D eigenvalue weighted by Gasteiger charge is 2.56. The highest BCUT2D eigenvalue weighted by molar-refractivity contribution is 6.34. The number of imide groups is 1. The van der Waals surface area contributed by atoms with Gasteiger partial charge in [-0.05, 0) is 49.8 Å². The molecule has 25 heavy (non-hydrogen) atoms. The van der Waals surface area contributed by atoms with Crippen LogP contribution in [0.15, 0.2) is 30.4 Å². The molecule has 1 aromatic rings. The molecule has 3 aliphatic carbocycles. The zero-order valence-corrected chi connectivity index (χ0v) is 14.5. The van der Waals surface area contributed by atoms with Gasteiger partial charge in [0.2, 0.25) is 11.8 Å². The normalized spacial score (nSPS) is 29.9. The number of esters is 1. The quantitative estimate of drug-likeness (QED) is 0.472. The van der Waals surface area contributed by atoms with Gasteiger partial charge in [0.1, 0.15) is 0 Å². The number of ether oxygens (including phenoxy) is 1. The summed E-state index contributed by atoms with van der Waals surface area (Å²) < 4.78 is 5.00. The van der Waals surface area contributed by atoms with E-state index in [1.54, 1.807) is 13.0 Å². The summed E-state index contributed by atoms with van der Waals surface area (Å²) in [6.45, 7) is 1.93. The molecule has 4 aliphatic rings. The Morgan fingerprint density at radius 3 is 2.28 bits per heavy atom. The van der Waals surface area contributed by atoms with Crippen molar-refractivity contribution in [2.45, 2.75) is 19.8 Å². The van der Waals surface area contributed by atoms with Crippen LogP contribution in [0.4, 0.5) is 5.69 Å².